The Bertz CT molecular complexity index is 807. The Kier molecular flexibility index (Phi) is 5.92. The second-order valence-corrected chi connectivity index (χ2v) is 7.67. The van der Waals surface area contributed by atoms with E-state index >= 15 is 0 Å². The van der Waals surface area contributed by atoms with Crippen LogP contribution in [0, 0.1) is 13.8 Å². The number of ether oxygens (including phenoxy) is 1. The van der Waals surface area contributed by atoms with E-state index in [-0.39, 0.29) is 18.0 Å². The maximum Gasteiger partial charge on any atom is 0.240 e. The summed E-state index contributed by atoms with van der Waals surface area (Å²) in [6, 6.07) is 9.99. The lowest BCUT2D eigenvalue weighted by atomic mass is 10.2. The number of nitrogens with one attached hydrogen (secondary N) is 1. The molecule has 0 aromatic heterocycles. The van der Waals surface area contributed by atoms with E-state index in [0.717, 1.165) is 5.56 Å². The zero-order chi connectivity index (χ0) is 17.0. The summed E-state index contributed by atoms with van der Waals surface area (Å²) in [5, 5.41) is 1.02. The first-order valence-electron chi connectivity index (χ1n) is 6.94. The van der Waals surface area contributed by atoms with Gasteiger partial charge >= 0.3 is 0 Å². The lowest BCUT2D eigenvalue weighted by molar-refractivity contribution is 0.323. The van der Waals surface area contributed by atoms with Gasteiger partial charge in [-0.1, -0.05) is 29.3 Å². The normalized spacial score (nSPS) is 11.5. The molecule has 0 atom stereocenters. The minimum absolute atomic E-state index is 0.133. The third-order valence-corrected chi connectivity index (χ3v) is 5.37. The van der Waals surface area contributed by atoms with Gasteiger partial charge in [0, 0.05) is 11.6 Å². The molecule has 0 radical (unpaired) electrons. The Labute approximate surface area is 146 Å². The maximum atomic E-state index is 12.2. The molecule has 1 N–H and O–H groups in total. The van der Waals surface area contributed by atoms with Crippen LogP contribution in [0.15, 0.2) is 41.3 Å². The quantitative estimate of drug-likeness (QED) is 0.779. The summed E-state index contributed by atoms with van der Waals surface area (Å²) in [6.07, 6.45) is 0. The van der Waals surface area contributed by atoms with Gasteiger partial charge in [-0.05, 0) is 55.3 Å². The van der Waals surface area contributed by atoms with E-state index in [1.54, 1.807) is 25.1 Å². The van der Waals surface area contributed by atoms with Gasteiger partial charge in [-0.3, -0.25) is 0 Å². The predicted molar refractivity (Wildman–Crippen MR) is 93.1 cm³/mol. The number of benzene rings is 2. The second kappa shape index (κ2) is 7.53. The molecule has 4 nitrogen and oxygen atoms in total. The van der Waals surface area contributed by atoms with Gasteiger partial charge in [-0.2, -0.15) is 0 Å². The minimum atomic E-state index is -3.59. The third-order valence-electron chi connectivity index (χ3n) is 3.18. The lowest BCUT2D eigenvalue weighted by Gasteiger charge is -2.11. The fourth-order valence-electron chi connectivity index (χ4n) is 1.93. The molecule has 0 spiro atoms. The Morgan fingerprint density at radius 3 is 2.43 bits per heavy atom. The van der Waals surface area contributed by atoms with Crippen LogP contribution in [-0.4, -0.2) is 21.6 Å². The molecule has 0 saturated carbocycles. The Hall–Kier alpha value is -1.27. The van der Waals surface area contributed by atoms with Crippen molar-refractivity contribution >= 4 is 33.2 Å². The zero-order valence-corrected chi connectivity index (χ0v) is 15.1. The molecule has 0 unspecified atom stereocenters. The molecule has 124 valence electrons. The van der Waals surface area contributed by atoms with Gasteiger partial charge in [0.25, 0.3) is 0 Å². The second-order valence-electron chi connectivity index (χ2n) is 5.09. The molecule has 0 saturated heterocycles. The fourth-order valence-corrected chi connectivity index (χ4v) is 3.31. The molecule has 2 rings (SSSR count). The van der Waals surface area contributed by atoms with Crippen LogP contribution in [0.4, 0.5) is 0 Å². The molecule has 0 heterocycles. The Morgan fingerprint density at radius 2 is 1.74 bits per heavy atom. The van der Waals surface area contributed by atoms with Gasteiger partial charge < -0.3 is 4.74 Å². The average molecular weight is 374 g/mol. The predicted octanol–water partition coefficient (Wildman–Crippen LogP) is 3.97. The Morgan fingerprint density at radius 1 is 1.04 bits per heavy atom. The largest absolute Gasteiger partial charge is 0.491 e. The number of sulfonamides is 1. The van der Waals surface area contributed by atoms with E-state index < -0.39 is 10.0 Å². The van der Waals surface area contributed by atoms with Crippen LogP contribution < -0.4 is 9.46 Å². The molecule has 0 aliphatic carbocycles. The van der Waals surface area contributed by atoms with Crippen molar-refractivity contribution in [3.05, 3.63) is 57.6 Å². The summed E-state index contributed by atoms with van der Waals surface area (Å²) >= 11 is 11.9. The lowest BCUT2D eigenvalue weighted by Crippen LogP contribution is -2.28. The first-order chi connectivity index (χ1) is 10.8. The van der Waals surface area contributed by atoms with E-state index in [4.69, 9.17) is 27.9 Å². The van der Waals surface area contributed by atoms with Crippen molar-refractivity contribution in [2.75, 3.05) is 13.2 Å². The summed E-state index contributed by atoms with van der Waals surface area (Å²) in [5.74, 6) is 0.535. The number of hydrogen-bond acceptors (Lipinski definition) is 3. The van der Waals surface area contributed by atoms with E-state index in [2.05, 4.69) is 4.72 Å². The Balaban J connectivity index is 1.94. The molecule has 0 amide bonds. The standard InChI is InChI=1S/C16H17Cl2NO3S/c1-11-3-5-15(18)16(9-11)22-8-7-19-23(20,21)13-4-6-14(17)12(2)10-13/h3-6,9-10,19H,7-8H2,1-2H3. The van der Waals surface area contributed by atoms with Crippen LogP contribution in [0.2, 0.25) is 10.0 Å². The van der Waals surface area contributed by atoms with Gasteiger partial charge in [-0.15, -0.1) is 0 Å². The number of hydrogen-bond donors (Lipinski definition) is 1. The fraction of sp³-hybridized carbons (Fsp3) is 0.250. The van der Waals surface area contributed by atoms with Gasteiger partial charge in [0.15, 0.2) is 0 Å². The highest BCUT2D eigenvalue weighted by atomic mass is 35.5. The van der Waals surface area contributed by atoms with Crippen molar-refractivity contribution in [2.24, 2.45) is 0 Å². The van der Waals surface area contributed by atoms with E-state index in [1.807, 2.05) is 13.0 Å². The van der Waals surface area contributed by atoms with Crippen molar-refractivity contribution in [1.29, 1.82) is 0 Å². The van der Waals surface area contributed by atoms with Gasteiger partial charge in [-0.25, -0.2) is 13.1 Å². The number of halogens is 2. The van der Waals surface area contributed by atoms with Crippen molar-refractivity contribution in [2.45, 2.75) is 18.7 Å². The number of aryl methyl sites for hydroxylation is 2. The zero-order valence-electron chi connectivity index (χ0n) is 12.8. The minimum Gasteiger partial charge on any atom is -0.491 e. The van der Waals surface area contributed by atoms with Crippen LogP contribution in [0.5, 0.6) is 5.75 Å². The summed E-state index contributed by atoms with van der Waals surface area (Å²) < 4.78 is 32.4. The highest BCUT2D eigenvalue weighted by Gasteiger charge is 2.14. The summed E-state index contributed by atoms with van der Waals surface area (Å²) in [7, 11) is -3.59. The van der Waals surface area contributed by atoms with Crippen molar-refractivity contribution in [1.82, 2.24) is 4.72 Å². The van der Waals surface area contributed by atoms with Crippen molar-refractivity contribution in [3.63, 3.8) is 0 Å². The number of rotatable bonds is 6. The maximum absolute atomic E-state index is 12.2. The molecule has 0 bridgehead atoms. The van der Waals surface area contributed by atoms with Crippen molar-refractivity contribution < 1.29 is 13.2 Å². The van der Waals surface area contributed by atoms with E-state index in [0.29, 0.717) is 21.4 Å². The van der Waals surface area contributed by atoms with Gasteiger partial charge in [0.1, 0.15) is 12.4 Å². The molecule has 0 aliphatic rings. The molecular weight excluding hydrogens is 357 g/mol. The van der Waals surface area contributed by atoms with E-state index in [1.165, 1.54) is 12.1 Å². The summed E-state index contributed by atoms with van der Waals surface area (Å²) in [6.45, 7) is 3.99. The van der Waals surface area contributed by atoms with Crippen LogP contribution >= 0.6 is 23.2 Å². The summed E-state index contributed by atoms with van der Waals surface area (Å²) in [4.78, 5) is 0.174. The SMILES string of the molecule is Cc1ccc(Cl)c(OCCNS(=O)(=O)c2ccc(Cl)c(C)c2)c1. The molecule has 0 aliphatic heterocycles. The molecule has 23 heavy (non-hydrogen) atoms. The monoisotopic (exact) mass is 373 g/mol. The van der Waals surface area contributed by atoms with Crippen LogP contribution in [0.1, 0.15) is 11.1 Å². The topological polar surface area (TPSA) is 55.4 Å². The van der Waals surface area contributed by atoms with Gasteiger partial charge in [0.2, 0.25) is 10.0 Å². The van der Waals surface area contributed by atoms with Crippen LogP contribution in [0.25, 0.3) is 0 Å². The van der Waals surface area contributed by atoms with Crippen LogP contribution in [0.3, 0.4) is 0 Å². The third kappa shape index (κ3) is 4.85. The molecule has 0 fully saturated rings. The molecule has 7 heteroatoms. The summed E-state index contributed by atoms with van der Waals surface area (Å²) in [5.41, 5.74) is 1.72. The first kappa shape index (κ1) is 18.1. The molecule has 2 aromatic carbocycles. The highest BCUT2D eigenvalue weighted by molar-refractivity contribution is 7.89. The highest BCUT2D eigenvalue weighted by Crippen LogP contribution is 2.25. The first-order valence-corrected chi connectivity index (χ1v) is 9.18. The molecular formula is C16H17Cl2NO3S. The van der Waals surface area contributed by atoms with E-state index in [9.17, 15) is 8.42 Å². The van der Waals surface area contributed by atoms with Gasteiger partial charge in [0.05, 0.1) is 9.92 Å². The molecule has 2 aromatic rings. The average Bonchev–Trinajstić information content (AvgIpc) is 2.49. The van der Waals surface area contributed by atoms with Crippen LogP contribution in [-0.2, 0) is 10.0 Å². The van der Waals surface area contributed by atoms with Crippen molar-refractivity contribution in [3.8, 4) is 5.75 Å². The smallest absolute Gasteiger partial charge is 0.240 e.